The molecule has 0 radical (unpaired) electrons. The Bertz CT molecular complexity index is 1120. The lowest BCUT2D eigenvalue weighted by molar-refractivity contribution is -0.144. The smallest absolute Gasteiger partial charge is 0.323 e. The van der Waals surface area contributed by atoms with E-state index < -0.39 is 12.0 Å². The average Bonchev–Trinajstić information content (AvgIpc) is 2.84. The minimum absolute atomic E-state index is 0.0741. The Morgan fingerprint density at radius 1 is 1.00 bits per heavy atom. The molecule has 4 N–H and O–H groups in total. The van der Waals surface area contributed by atoms with Crippen molar-refractivity contribution in [3.05, 3.63) is 59.7 Å². The first-order chi connectivity index (χ1) is 17.6. The van der Waals surface area contributed by atoms with Crippen molar-refractivity contribution >= 4 is 35.2 Å². The summed E-state index contributed by atoms with van der Waals surface area (Å²) in [6.45, 7) is 6.14. The molecular weight excluding hydrogens is 472 g/mol. The monoisotopic (exact) mass is 508 g/mol. The van der Waals surface area contributed by atoms with Crippen molar-refractivity contribution in [2.75, 3.05) is 17.2 Å². The Balaban J connectivity index is 1.56. The second-order valence-electron chi connectivity index (χ2n) is 9.84. The highest BCUT2D eigenvalue weighted by Gasteiger charge is 2.34. The van der Waals surface area contributed by atoms with Gasteiger partial charge in [-0.05, 0) is 61.4 Å². The van der Waals surface area contributed by atoms with Gasteiger partial charge in [-0.2, -0.15) is 0 Å². The summed E-state index contributed by atoms with van der Waals surface area (Å²) in [7, 11) is 0. The van der Waals surface area contributed by atoms with Crippen molar-refractivity contribution in [2.24, 2.45) is 5.92 Å². The number of carbonyl (C=O) groups excluding carboxylic acids is 3. The lowest BCUT2D eigenvalue weighted by Crippen LogP contribution is -2.55. The summed E-state index contributed by atoms with van der Waals surface area (Å²) in [6, 6.07) is 13.0. The minimum Gasteiger partial charge on any atom is -0.481 e. The molecule has 37 heavy (non-hydrogen) atoms. The van der Waals surface area contributed by atoms with Crippen LogP contribution in [-0.2, 0) is 20.8 Å². The van der Waals surface area contributed by atoms with Crippen LogP contribution in [0.25, 0.3) is 0 Å². The van der Waals surface area contributed by atoms with Crippen LogP contribution in [0.2, 0.25) is 0 Å². The summed E-state index contributed by atoms with van der Waals surface area (Å²) in [4.78, 5) is 51.3. The van der Waals surface area contributed by atoms with Gasteiger partial charge in [0.15, 0.2) is 0 Å². The maximum atomic E-state index is 13.3. The third-order valence-corrected chi connectivity index (χ3v) is 6.54. The number of likely N-dealkylation sites (tertiary alicyclic amines) is 1. The first-order valence-electron chi connectivity index (χ1n) is 12.7. The second kappa shape index (κ2) is 12.9. The molecule has 1 fully saturated rings. The molecule has 0 spiro atoms. The highest BCUT2D eigenvalue weighted by atomic mass is 16.4. The van der Waals surface area contributed by atoms with Gasteiger partial charge in [-0.3, -0.25) is 14.4 Å². The maximum absolute atomic E-state index is 13.3. The van der Waals surface area contributed by atoms with E-state index in [1.54, 1.807) is 29.2 Å². The number of amides is 4. The number of aryl methyl sites for hydroxylation is 1. The molecule has 2 aromatic carbocycles. The van der Waals surface area contributed by atoms with Crippen LogP contribution in [0.3, 0.4) is 0 Å². The Labute approximate surface area is 217 Å². The molecule has 4 amide bonds. The number of piperidine rings is 1. The molecular formula is C28H36N4O5. The summed E-state index contributed by atoms with van der Waals surface area (Å²) >= 11 is 0. The molecule has 1 unspecified atom stereocenters. The van der Waals surface area contributed by atoms with Crippen molar-refractivity contribution in [1.29, 1.82) is 0 Å². The van der Waals surface area contributed by atoms with E-state index in [2.05, 4.69) is 16.0 Å². The molecule has 0 aromatic heterocycles. The molecule has 0 saturated carbocycles. The van der Waals surface area contributed by atoms with Gasteiger partial charge in [0.25, 0.3) is 0 Å². The third kappa shape index (κ3) is 8.06. The number of para-hydroxylation sites is 1. The number of carbonyl (C=O) groups is 4. The molecule has 0 aliphatic carbocycles. The van der Waals surface area contributed by atoms with Crippen LogP contribution in [-0.4, -0.2) is 52.4 Å². The second-order valence-corrected chi connectivity index (χ2v) is 9.84. The summed E-state index contributed by atoms with van der Waals surface area (Å²) in [5.41, 5.74) is 3.00. The van der Waals surface area contributed by atoms with E-state index in [0.29, 0.717) is 18.7 Å². The molecule has 3 rings (SSSR count). The Morgan fingerprint density at radius 2 is 1.70 bits per heavy atom. The number of hydrogen-bond donors (Lipinski definition) is 4. The molecule has 0 bridgehead atoms. The summed E-state index contributed by atoms with van der Waals surface area (Å²) in [6.07, 6.45) is 2.35. The standard InChI is InChI=1S/C28H36N4O5/c1-18(2)26(27(36)32-15-7-6-9-22(32)17-25(34)35)31-24(33)16-20-11-13-21(14-12-20)29-28(37)30-23-10-5-4-8-19(23)3/h4-5,8,10-14,18,22,26H,6-7,9,15-17H2,1-3H3,(H,31,33)(H,34,35)(H2,29,30,37)/t22-,26?/m1/s1. The Hall–Kier alpha value is -3.88. The normalized spacial score (nSPS) is 16.1. The third-order valence-electron chi connectivity index (χ3n) is 6.54. The highest BCUT2D eigenvalue weighted by molar-refractivity contribution is 6.00. The molecule has 1 heterocycles. The van der Waals surface area contributed by atoms with E-state index in [-0.39, 0.29) is 42.6 Å². The van der Waals surface area contributed by atoms with Gasteiger partial charge in [-0.15, -0.1) is 0 Å². The maximum Gasteiger partial charge on any atom is 0.323 e. The number of rotatable bonds is 9. The summed E-state index contributed by atoms with van der Waals surface area (Å²) < 4.78 is 0. The molecule has 198 valence electrons. The van der Waals surface area contributed by atoms with Gasteiger partial charge in [0, 0.05) is 24.0 Å². The van der Waals surface area contributed by atoms with Gasteiger partial charge < -0.3 is 26.0 Å². The van der Waals surface area contributed by atoms with Crippen LogP contribution in [0.15, 0.2) is 48.5 Å². The van der Waals surface area contributed by atoms with Gasteiger partial charge in [-0.1, -0.05) is 44.2 Å². The van der Waals surface area contributed by atoms with E-state index in [1.165, 1.54) is 0 Å². The SMILES string of the molecule is Cc1ccccc1NC(=O)Nc1ccc(CC(=O)NC(C(=O)N2CCCC[C@@H]2CC(=O)O)C(C)C)cc1. The predicted molar refractivity (Wildman–Crippen MR) is 142 cm³/mol. The van der Waals surface area contributed by atoms with Crippen LogP contribution >= 0.6 is 0 Å². The van der Waals surface area contributed by atoms with E-state index in [0.717, 1.165) is 29.7 Å². The van der Waals surface area contributed by atoms with Gasteiger partial charge in [0.1, 0.15) is 6.04 Å². The minimum atomic E-state index is -0.930. The van der Waals surface area contributed by atoms with Crippen LogP contribution in [0.4, 0.5) is 16.2 Å². The lowest BCUT2D eigenvalue weighted by atomic mass is 9.95. The van der Waals surface area contributed by atoms with Crippen LogP contribution in [0.5, 0.6) is 0 Å². The summed E-state index contributed by atoms with van der Waals surface area (Å²) in [5.74, 6) is -1.60. The zero-order chi connectivity index (χ0) is 26.9. The fourth-order valence-electron chi connectivity index (χ4n) is 4.51. The van der Waals surface area contributed by atoms with E-state index in [1.807, 2.05) is 45.0 Å². The lowest BCUT2D eigenvalue weighted by Gasteiger charge is -2.38. The molecule has 1 aliphatic heterocycles. The number of anilines is 2. The Kier molecular flexibility index (Phi) is 9.65. The predicted octanol–water partition coefficient (Wildman–Crippen LogP) is 4.18. The van der Waals surface area contributed by atoms with Crippen molar-refractivity contribution in [3.63, 3.8) is 0 Å². The Morgan fingerprint density at radius 3 is 2.35 bits per heavy atom. The van der Waals surface area contributed by atoms with Crippen LogP contribution in [0, 0.1) is 12.8 Å². The van der Waals surface area contributed by atoms with Crippen molar-refractivity contribution < 1.29 is 24.3 Å². The number of nitrogens with one attached hydrogen (secondary N) is 3. The molecule has 9 heteroatoms. The number of nitrogens with zero attached hydrogens (tertiary/aromatic N) is 1. The number of aliphatic carboxylic acids is 1. The first kappa shape index (κ1) is 27.7. The molecule has 1 saturated heterocycles. The number of carboxylic acids is 1. The number of carboxylic acid groups (broad SMARTS) is 1. The van der Waals surface area contributed by atoms with Crippen LogP contribution in [0.1, 0.15) is 50.7 Å². The first-order valence-corrected chi connectivity index (χ1v) is 12.7. The highest BCUT2D eigenvalue weighted by Crippen LogP contribution is 2.22. The van der Waals surface area contributed by atoms with E-state index in [4.69, 9.17) is 0 Å². The average molecular weight is 509 g/mol. The van der Waals surface area contributed by atoms with Crippen molar-refractivity contribution in [1.82, 2.24) is 10.2 Å². The van der Waals surface area contributed by atoms with Crippen LogP contribution < -0.4 is 16.0 Å². The summed E-state index contributed by atoms with van der Waals surface area (Å²) in [5, 5.41) is 17.7. The van der Waals surface area contributed by atoms with Gasteiger partial charge in [0.2, 0.25) is 11.8 Å². The van der Waals surface area contributed by atoms with Gasteiger partial charge >= 0.3 is 12.0 Å². The molecule has 2 aromatic rings. The zero-order valence-corrected chi connectivity index (χ0v) is 21.6. The fourth-order valence-corrected chi connectivity index (χ4v) is 4.51. The number of hydrogen-bond acceptors (Lipinski definition) is 4. The van der Waals surface area contributed by atoms with Gasteiger partial charge in [-0.25, -0.2) is 4.79 Å². The topological polar surface area (TPSA) is 128 Å². The van der Waals surface area contributed by atoms with Crippen molar-refractivity contribution in [3.8, 4) is 0 Å². The fraction of sp³-hybridized carbons (Fsp3) is 0.429. The largest absolute Gasteiger partial charge is 0.481 e. The van der Waals surface area contributed by atoms with E-state index >= 15 is 0 Å². The van der Waals surface area contributed by atoms with Crippen molar-refractivity contribution in [2.45, 2.75) is 65.0 Å². The number of urea groups is 1. The van der Waals surface area contributed by atoms with Gasteiger partial charge in [0.05, 0.1) is 12.8 Å². The molecule has 9 nitrogen and oxygen atoms in total. The number of benzene rings is 2. The van der Waals surface area contributed by atoms with E-state index in [9.17, 15) is 24.3 Å². The quantitative estimate of drug-likeness (QED) is 0.404. The molecule has 2 atom stereocenters. The zero-order valence-electron chi connectivity index (χ0n) is 21.6. The molecule has 1 aliphatic rings.